The predicted octanol–water partition coefficient (Wildman–Crippen LogP) is 3.57. The summed E-state index contributed by atoms with van der Waals surface area (Å²) in [6.07, 6.45) is 1.89. The number of benzene rings is 1. The molecule has 2 rings (SSSR count). The van der Waals surface area contributed by atoms with Crippen LogP contribution in [0.15, 0.2) is 24.4 Å². The van der Waals surface area contributed by atoms with E-state index in [4.69, 9.17) is 16.7 Å². The van der Waals surface area contributed by atoms with Crippen molar-refractivity contribution in [3.63, 3.8) is 0 Å². The van der Waals surface area contributed by atoms with Crippen molar-refractivity contribution >= 4 is 28.5 Å². The Morgan fingerprint density at radius 1 is 1.44 bits per heavy atom. The van der Waals surface area contributed by atoms with Crippen molar-refractivity contribution in [3.05, 3.63) is 35.0 Å². The maximum atomic E-state index is 11.1. The zero-order valence-electron chi connectivity index (χ0n) is 9.07. The van der Waals surface area contributed by atoms with E-state index in [1.54, 1.807) is 6.07 Å². The number of hydrogen-bond donors (Lipinski definition) is 1. The van der Waals surface area contributed by atoms with Crippen LogP contribution in [0.3, 0.4) is 0 Å². The lowest BCUT2D eigenvalue weighted by atomic mass is 10.1. The number of aromatic carboxylic acids is 1. The zero-order valence-corrected chi connectivity index (χ0v) is 9.82. The van der Waals surface area contributed by atoms with Gasteiger partial charge in [-0.25, -0.2) is 4.79 Å². The molecule has 3 nitrogen and oxygen atoms in total. The number of nitrogens with zero attached hydrogens (tertiary/aromatic N) is 1. The second-order valence-corrected chi connectivity index (χ2v) is 4.44. The van der Waals surface area contributed by atoms with Gasteiger partial charge in [0.2, 0.25) is 0 Å². The second-order valence-electron chi connectivity index (χ2n) is 4.01. The van der Waals surface area contributed by atoms with Crippen LogP contribution < -0.4 is 0 Å². The second kappa shape index (κ2) is 3.83. The first-order chi connectivity index (χ1) is 7.50. The Morgan fingerprint density at radius 3 is 2.69 bits per heavy atom. The molecule has 0 saturated heterocycles. The van der Waals surface area contributed by atoms with E-state index < -0.39 is 5.97 Å². The van der Waals surface area contributed by atoms with Gasteiger partial charge >= 0.3 is 5.97 Å². The minimum absolute atomic E-state index is 0.252. The van der Waals surface area contributed by atoms with Crippen LogP contribution in [0.2, 0.25) is 5.02 Å². The summed E-state index contributed by atoms with van der Waals surface area (Å²) in [5.41, 5.74) is 1.11. The van der Waals surface area contributed by atoms with Crippen LogP contribution in [0.25, 0.3) is 10.9 Å². The summed E-state index contributed by atoms with van der Waals surface area (Å²) >= 11 is 5.92. The fourth-order valence-electron chi connectivity index (χ4n) is 1.85. The molecule has 0 radical (unpaired) electrons. The van der Waals surface area contributed by atoms with Gasteiger partial charge in [0.15, 0.2) is 0 Å². The van der Waals surface area contributed by atoms with Crippen molar-refractivity contribution in [2.75, 3.05) is 0 Å². The number of rotatable bonds is 2. The Bertz CT molecular complexity index is 557. The molecule has 0 amide bonds. The van der Waals surface area contributed by atoms with Crippen molar-refractivity contribution in [3.8, 4) is 0 Å². The standard InChI is InChI=1S/C12H12ClNO2/c1-7(2)14-4-3-9-10(12(15)16)5-8(13)6-11(9)14/h3-7H,1-2H3,(H,15,16). The molecule has 0 aliphatic rings. The number of halogens is 1. The number of aromatic nitrogens is 1. The Balaban J connectivity index is 2.81. The molecule has 0 saturated carbocycles. The third kappa shape index (κ3) is 1.67. The van der Waals surface area contributed by atoms with Crippen LogP contribution in [-0.2, 0) is 0 Å². The molecule has 1 aromatic carbocycles. The van der Waals surface area contributed by atoms with Crippen molar-refractivity contribution in [1.29, 1.82) is 0 Å². The van der Waals surface area contributed by atoms with Crippen molar-refractivity contribution in [1.82, 2.24) is 4.57 Å². The van der Waals surface area contributed by atoms with Gasteiger partial charge in [-0.1, -0.05) is 11.6 Å². The average molecular weight is 238 g/mol. The lowest BCUT2D eigenvalue weighted by Gasteiger charge is -2.10. The van der Waals surface area contributed by atoms with E-state index >= 15 is 0 Å². The molecule has 0 bridgehead atoms. The zero-order chi connectivity index (χ0) is 11.9. The molecule has 0 atom stereocenters. The Hall–Kier alpha value is -1.48. The first-order valence-corrected chi connectivity index (χ1v) is 5.42. The fourth-order valence-corrected chi connectivity index (χ4v) is 2.07. The minimum atomic E-state index is -0.950. The lowest BCUT2D eigenvalue weighted by Crippen LogP contribution is -2.00. The van der Waals surface area contributed by atoms with Gasteiger partial charge in [-0.05, 0) is 32.0 Å². The molecular formula is C12H12ClNO2. The quantitative estimate of drug-likeness (QED) is 0.868. The molecule has 0 aliphatic carbocycles. The molecule has 0 fully saturated rings. The smallest absolute Gasteiger partial charge is 0.336 e. The number of carboxylic acids is 1. The lowest BCUT2D eigenvalue weighted by molar-refractivity contribution is 0.0699. The highest BCUT2D eigenvalue weighted by atomic mass is 35.5. The van der Waals surface area contributed by atoms with E-state index in [1.807, 2.05) is 30.7 Å². The molecule has 4 heteroatoms. The number of hydrogen-bond acceptors (Lipinski definition) is 1. The fraction of sp³-hybridized carbons (Fsp3) is 0.250. The van der Waals surface area contributed by atoms with Gasteiger partial charge in [-0.15, -0.1) is 0 Å². The summed E-state index contributed by atoms with van der Waals surface area (Å²) in [4.78, 5) is 11.1. The van der Waals surface area contributed by atoms with E-state index in [-0.39, 0.29) is 11.6 Å². The highest BCUT2D eigenvalue weighted by molar-refractivity contribution is 6.32. The third-order valence-electron chi connectivity index (χ3n) is 2.59. The number of carboxylic acid groups (broad SMARTS) is 1. The van der Waals surface area contributed by atoms with Gasteiger partial charge in [0.25, 0.3) is 0 Å². The monoisotopic (exact) mass is 237 g/mol. The first kappa shape index (κ1) is 11.0. The van der Waals surface area contributed by atoms with E-state index in [2.05, 4.69) is 0 Å². The Labute approximate surface area is 98.3 Å². The van der Waals surface area contributed by atoms with Crippen LogP contribution in [-0.4, -0.2) is 15.6 Å². The third-order valence-corrected chi connectivity index (χ3v) is 2.81. The molecule has 1 aromatic heterocycles. The van der Waals surface area contributed by atoms with Crippen molar-refractivity contribution < 1.29 is 9.90 Å². The van der Waals surface area contributed by atoms with Crippen molar-refractivity contribution in [2.24, 2.45) is 0 Å². The molecule has 2 aromatic rings. The SMILES string of the molecule is CC(C)n1ccc2c(C(=O)O)cc(Cl)cc21. The topological polar surface area (TPSA) is 42.2 Å². The molecular weight excluding hydrogens is 226 g/mol. The maximum absolute atomic E-state index is 11.1. The summed E-state index contributed by atoms with van der Waals surface area (Å²) in [6.45, 7) is 4.08. The first-order valence-electron chi connectivity index (χ1n) is 5.04. The van der Waals surface area contributed by atoms with Crippen LogP contribution >= 0.6 is 11.6 Å². The number of fused-ring (bicyclic) bond motifs is 1. The largest absolute Gasteiger partial charge is 0.478 e. The summed E-state index contributed by atoms with van der Waals surface area (Å²) in [7, 11) is 0. The van der Waals surface area contributed by atoms with E-state index in [0.29, 0.717) is 5.02 Å². The molecule has 84 valence electrons. The van der Waals surface area contributed by atoms with Gasteiger partial charge < -0.3 is 9.67 Å². The summed E-state index contributed by atoms with van der Waals surface area (Å²) < 4.78 is 2.01. The van der Waals surface area contributed by atoms with Crippen LogP contribution in [0.4, 0.5) is 0 Å². The molecule has 0 aliphatic heterocycles. The summed E-state index contributed by atoms with van der Waals surface area (Å²) in [6, 6.07) is 5.37. The molecule has 0 unspecified atom stereocenters. The van der Waals surface area contributed by atoms with Gasteiger partial charge in [0.1, 0.15) is 0 Å². The van der Waals surface area contributed by atoms with E-state index in [1.165, 1.54) is 6.07 Å². The van der Waals surface area contributed by atoms with Crippen LogP contribution in [0.5, 0.6) is 0 Å². The van der Waals surface area contributed by atoms with Gasteiger partial charge in [0, 0.05) is 22.6 Å². The molecule has 1 heterocycles. The number of carbonyl (C=O) groups is 1. The summed E-state index contributed by atoms with van der Waals surface area (Å²) in [5, 5.41) is 10.3. The van der Waals surface area contributed by atoms with Gasteiger partial charge in [-0.2, -0.15) is 0 Å². The van der Waals surface area contributed by atoms with E-state index in [0.717, 1.165) is 10.9 Å². The Kier molecular flexibility index (Phi) is 2.64. The normalized spacial score (nSPS) is 11.2. The predicted molar refractivity (Wildman–Crippen MR) is 64.3 cm³/mol. The van der Waals surface area contributed by atoms with Gasteiger partial charge in [-0.3, -0.25) is 0 Å². The van der Waals surface area contributed by atoms with E-state index in [9.17, 15) is 4.79 Å². The van der Waals surface area contributed by atoms with Gasteiger partial charge in [0.05, 0.1) is 11.1 Å². The molecule has 16 heavy (non-hydrogen) atoms. The molecule has 0 spiro atoms. The Morgan fingerprint density at radius 2 is 2.12 bits per heavy atom. The van der Waals surface area contributed by atoms with Crippen LogP contribution in [0.1, 0.15) is 30.2 Å². The molecule has 1 N–H and O–H groups in total. The average Bonchev–Trinajstić information content (AvgIpc) is 2.59. The summed E-state index contributed by atoms with van der Waals surface area (Å²) in [5.74, 6) is -0.950. The minimum Gasteiger partial charge on any atom is -0.478 e. The van der Waals surface area contributed by atoms with Crippen LogP contribution in [0, 0.1) is 0 Å². The maximum Gasteiger partial charge on any atom is 0.336 e. The highest BCUT2D eigenvalue weighted by Crippen LogP contribution is 2.27. The van der Waals surface area contributed by atoms with Crippen molar-refractivity contribution in [2.45, 2.75) is 19.9 Å². The highest BCUT2D eigenvalue weighted by Gasteiger charge is 2.13.